The molecule has 0 unspecified atom stereocenters. The summed E-state index contributed by atoms with van der Waals surface area (Å²) < 4.78 is 9.94. The quantitative estimate of drug-likeness (QED) is 0.197. The number of ether oxygens (including phenoxy) is 2. The van der Waals surface area contributed by atoms with Crippen LogP contribution < -0.4 is 19.7 Å². The summed E-state index contributed by atoms with van der Waals surface area (Å²) in [7, 11) is 2.91. The van der Waals surface area contributed by atoms with Gasteiger partial charge in [-0.2, -0.15) is 0 Å². The second-order valence-corrected chi connectivity index (χ2v) is 5.07. The summed E-state index contributed by atoms with van der Waals surface area (Å²) in [6, 6.07) is 10.0. The van der Waals surface area contributed by atoms with Crippen LogP contribution in [0.1, 0.15) is 11.1 Å². The van der Waals surface area contributed by atoms with Crippen molar-refractivity contribution in [2.45, 2.75) is 0 Å². The van der Waals surface area contributed by atoms with E-state index in [1.165, 1.54) is 26.6 Å². The molecule has 0 saturated heterocycles. The summed E-state index contributed by atoms with van der Waals surface area (Å²) >= 11 is 0. The van der Waals surface area contributed by atoms with Crippen LogP contribution >= 0.6 is 0 Å². The first-order valence-corrected chi connectivity index (χ1v) is 7.91. The Bertz CT molecular complexity index is 779. The maximum absolute atomic E-state index is 11.9. The van der Waals surface area contributed by atoms with Gasteiger partial charge in [-0.3, -0.25) is 9.98 Å². The zero-order chi connectivity index (χ0) is 20.9. The topological polar surface area (TPSA) is 184 Å². The third kappa shape index (κ3) is 9.73. The van der Waals surface area contributed by atoms with E-state index in [9.17, 15) is 10.2 Å². The second kappa shape index (κ2) is 15.6. The van der Waals surface area contributed by atoms with E-state index in [4.69, 9.17) is 24.8 Å². The fourth-order valence-corrected chi connectivity index (χ4v) is 2.03. The average Bonchev–Trinajstić information content (AvgIpc) is 2.66. The molecule has 167 valence electrons. The van der Waals surface area contributed by atoms with Gasteiger partial charge in [0.25, 0.3) is 5.09 Å². The van der Waals surface area contributed by atoms with Gasteiger partial charge in [-0.05, 0) is 23.3 Å². The van der Waals surface area contributed by atoms with Crippen LogP contribution in [0, 0.1) is 10.1 Å². The molecule has 0 fully saturated rings. The van der Waals surface area contributed by atoms with Gasteiger partial charge < -0.3 is 30.4 Å². The summed E-state index contributed by atoms with van der Waals surface area (Å²) in [6.45, 7) is 0.816. The van der Waals surface area contributed by atoms with Crippen molar-refractivity contribution in [3.8, 4) is 23.0 Å². The molecule has 0 amide bonds. The van der Waals surface area contributed by atoms with Crippen LogP contribution in [-0.2, 0) is 17.1 Å². The van der Waals surface area contributed by atoms with Crippen molar-refractivity contribution in [2.24, 2.45) is 9.98 Å². The maximum atomic E-state index is 11.9. The average molecular weight is 471 g/mol. The van der Waals surface area contributed by atoms with Gasteiger partial charge in [0.05, 0.1) is 27.3 Å². The molecular weight excluding hydrogens is 450 g/mol. The molecule has 0 aromatic heterocycles. The molecule has 0 spiro atoms. The summed E-state index contributed by atoms with van der Waals surface area (Å²) in [5.74, 6) is 0.190. The van der Waals surface area contributed by atoms with Gasteiger partial charge in [-0.25, -0.2) is 0 Å². The fourth-order valence-electron chi connectivity index (χ4n) is 2.03. The van der Waals surface area contributed by atoms with Gasteiger partial charge in [0.15, 0.2) is 0 Å². The van der Waals surface area contributed by atoms with Crippen molar-refractivity contribution in [1.82, 2.24) is 0 Å². The molecule has 0 atom stereocenters. The van der Waals surface area contributed by atoms with Gasteiger partial charge >= 0.3 is 17.1 Å². The number of methoxy groups -OCH3 is 2. The molecule has 0 heterocycles. The van der Waals surface area contributed by atoms with E-state index in [1.807, 2.05) is 0 Å². The van der Waals surface area contributed by atoms with Crippen molar-refractivity contribution in [2.75, 3.05) is 27.3 Å². The van der Waals surface area contributed by atoms with E-state index in [0.29, 0.717) is 24.2 Å². The van der Waals surface area contributed by atoms with E-state index in [2.05, 4.69) is 9.98 Å². The number of para-hydroxylation sites is 2. The van der Waals surface area contributed by atoms with Crippen molar-refractivity contribution < 1.29 is 52.5 Å². The van der Waals surface area contributed by atoms with E-state index in [-0.39, 0.29) is 45.5 Å². The maximum Gasteiger partial charge on any atom is 2.00 e. The smallest absolute Gasteiger partial charge is 0.870 e. The van der Waals surface area contributed by atoms with Crippen molar-refractivity contribution in [1.29, 1.82) is 0 Å². The van der Waals surface area contributed by atoms with Crippen LogP contribution in [0.25, 0.3) is 0 Å². The third-order valence-corrected chi connectivity index (χ3v) is 3.28. The molecule has 3 N–H and O–H groups in total. The Morgan fingerprint density at radius 3 is 1.57 bits per heavy atom. The largest absolute Gasteiger partial charge is 2.00 e. The standard InChI is InChI=1S/C18H20N2O4.Cu.HNO3.H2O/c1-23-15-7-3-5-13(17(15)21)11-19-9-10-20-12-14-6-4-8-16(24-2)18(14)22;;2-1(3)4;/h3-8,11-12,21-22H,9-10H2,1-2H3;;(H,2,3,4);1H2/q;+2;;/p-2. The summed E-state index contributed by atoms with van der Waals surface area (Å²) in [4.78, 5) is 16.7. The normalized spacial score (nSPS) is 9.80. The van der Waals surface area contributed by atoms with Crippen molar-refractivity contribution >= 4 is 12.4 Å². The molecule has 1 radical (unpaired) electrons. The molecule has 2 aromatic rings. The molecule has 2 rings (SSSR count). The van der Waals surface area contributed by atoms with Crippen LogP contribution in [0.2, 0.25) is 0 Å². The minimum absolute atomic E-state index is 0. The van der Waals surface area contributed by atoms with Crippen LogP contribution in [0.4, 0.5) is 0 Å². The number of hydrogen-bond acceptors (Lipinski definition) is 8. The first-order valence-electron chi connectivity index (χ1n) is 7.91. The van der Waals surface area contributed by atoms with Gasteiger partial charge in [-0.1, -0.05) is 35.8 Å². The van der Waals surface area contributed by atoms with Gasteiger partial charge in [-0.15, -0.1) is 10.1 Å². The summed E-state index contributed by atoms with van der Waals surface area (Å²) in [5, 5.41) is 37.5. The first kappa shape index (κ1) is 28.9. The summed E-state index contributed by atoms with van der Waals surface area (Å²) in [5.41, 5.74) is 0.931. The van der Waals surface area contributed by atoms with Crippen LogP contribution in [0.5, 0.6) is 23.0 Å². The Morgan fingerprint density at radius 1 is 0.933 bits per heavy atom. The minimum Gasteiger partial charge on any atom is -0.870 e. The van der Waals surface area contributed by atoms with Crippen LogP contribution in [0.15, 0.2) is 46.4 Å². The van der Waals surface area contributed by atoms with Crippen LogP contribution in [-0.4, -0.2) is 55.5 Å². The van der Waals surface area contributed by atoms with Gasteiger partial charge in [0.2, 0.25) is 0 Å². The number of benzene rings is 2. The molecule has 0 aliphatic carbocycles. The predicted molar refractivity (Wildman–Crippen MR) is 102 cm³/mol. The number of hydrogen-bond donors (Lipinski definition) is 1. The zero-order valence-corrected chi connectivity index (χ0v) is 17.0. The van der Waals surface area contributed by atoms with E-state index in [1.54, 1.807) is 36.4 Å². The zero-order valence-electron chi connectivity index (χ0n) is 16.1. The van der Waals surface area contributed by atoms with Crippen LogP contribution in [0.3, 0.4) is 0 Å². The number of aliphatic imine (C=N–C) groups is 2. The minimum atomic E-state index is -1.50. The Balaban J connectivity index is 0. The molecule has 2 aromatic carbocycles. The molecular formula is C18H21CuN3O8. The van der Waals surface area contributed by atoms with Crippen molar-refractivity contribution in [3.05, 3.63) is 57.6 Å². The molecule has 12 heteroatoms. The molecule has 11 nitrogen and oxygen atoms in total. The molecule has 0 aliphatic heterocycles. The molecule has 0 bridgehead atoms. The van der Waals surface area contributed by atoms with E-state index >= 15 is 0 Å². The Kier molecular flexibility index (Phi) is 15.0. The fraction of sp³-hybridized carbons (Fsp3) is 0.222. The Morgan fingerprint density at radius 2 is 1.27 bits per heavy atom. The molecule has 30 heavy (non-hydrogen) atoms. The Hall–Kier alpha value is -3.34. The summed E-state index contributed by atoms with van der Waals surface area (Å²) in [6.07, 6.45) is 3.01. The molecule has 0 aliphatic rings. The number of nitrogens with zero attached hydrogens (tertiary/aromatic N) is 3. The van der Waals surface area contributed by atoms with E-state index < -0.39 is 5.09 Å². The van der Waals surface area contributed by atoms with Gasteiger partial charge in [0.1, 0.15) is 11.5 Å². The SMILES string of the molecule is COc1cccc(C=NCCN=Cc2cccc(OC)c2[O-])c1[O-].O.O=[N+]([O-])O.[Cu+2]. The predicted octanol–water partition coefficient (Wildman–Crippen LogP) is 0.214. The molecule has 0 saturated carbocycles. The number of rotatable bonds is 7. The first-order chi connectivity index (χ1) is 13.4. The Labute approximate surface area is 183 Å². The monoisotopic (exact) mass is 470 g/mol. The van der Waals surface area contributed by atoms with Crippen molar-refractivity contribution in [3.63, 3.8) is 0 Å². The second-order valence-electron chi connectivity index (χ2n) is 5.07. The van der Waals surface area contributed by atoms with E-state index in [0.717, 1.165) is 0 Å². The van der Waals surface area contributed by atoms with Gasteiger partial charge in [0, 0.05) is 12.4 Å². The third-order valence-electron chi connectivity index (χ3n) is 3.28.